The van der Waals surface area contributed by atoms with E-state index in [0.29, 0.717) is 16.5 Å². The molecule has 2 rings (SSSR count). The van der Waals surface area contributed by atoms with Gasteiger partial charge in [-0.2, -0.15) is 0 Å². The lowest BCUT2D eigenvalue weighted by Gasteiger charge is -2.29. The predicted octanol–water partition coefficient (Wildman–Crippen LogP) is 3.41. The normalized spacial score (nSPS) is 19.2. The van der Waals surface area contributed by atoms with E-state index in [1.54, 1.807) is 13.0 Å². The summed E-state index contributed by atoms with van der Waals surface area (Å²) in [5.41, 5.74) is 1.63. The molecule has 1 aromatic carbocycles. The van der Waals surface area contributed by atoms with Gasteiger partial charge in [-0.3, -0.25) is 4.79 Å². The number of nitrogens with zero attached hydrogens (tertiary/aromatic N) is 1. The Morgan fingerprint density at radius 2 is 2.32 bits per heavy atom. The Kier molecular flexibility index (Phi) is 4.83. The molecular weight excluding hydrogens is 262 g/mol. The highest BCUT2D eigenvalue weighted by molar-refractivity contribution is 6.33. The summed E-state index contributed by atoms with van der Waals surface area (Å²) < 4.78 is 5.50. The quantitative estimate of drug-likeness (QED) is 0.792. The molecule has 0 aliphatic carbocycles. The first-order valence-electron chi connectivity index (χ1n) is 6.67. The summed E-state index contributed by atoms with van der Waals surface area (Å²) in [4.78, 5) is 13.5. The van der Waals surface area contributed by atoms with Gasteiger partial charge in [-0.1, -0.05) is 11.6 Å². The van der Waals surface area contributed by atoms with Crippen molar-refractivity contribution >= 4 is 23.1 Å². The highest BCUT2D eigenvalue weighted by atomic mass is 35.5. The van der Waals surface area contributed by atoms with Crippen LogP contribution in [-0.4, -0.2) is 32.6 Å². The third kappa shape index (κ3) is 3.71. The fourth-order valence-electron chi connectivity index (χ4n) is 2.47. The molecule has 1 aliphatic rings. The minimum absolute atomic E-state index is 0.0387. The Bertz CT molecular complexity index is 455. The smallest absolute Gasteiger partial charge is 0.159 e. The Balaban J connectivity index is 2.05. The fourth-order valence-corrected chi connectivity index (χ4v) is 2.80. The third-order valence-electron chi connectivity index (χ3n) is 3.55. The van der Waals surface area contributed by atoms with Crippen LogP contribution >= 0.6 is 11.6 Å². The number of ketones is 1. The van der Waals surface area contributed by atoms with Crippen LogP contribution in [0.4, 0.5) is 5.69 Å². The summed E-state index contributed by atoms with van der Waals surface area (Å²) in [5, 5.41) is 0.631. The third-order valence-corrected chi connectivity index (χ3v) is 3.85. The standard InChI is InChI=1S/C15H20ClNO2/c1-11(18)13-5-6-15(14(16)8-13)17(2)9-12-4-3-7-19-10-12/h5-6,8,12H,3-4,7,9-10H2,1-2H3. The van der Waals surface area contributed by atoms with E-state index in [1.165, 1.54) is 6.42 Å². The molecule has 0 radical (unpaired) electrons. The van der Waals surface area contributed by atoms with Crippen LogP contribution in [0.1, 0.15) is 30.1 Å². The van der Waals surface area contributed by atoms with Crippen LogP contribution in [0.5, 0.6) is 0 Å². The summed E-state index contributed by atoms with van der Waals surface area (Å²) in [6, 6.07) is 5.49. The Morgan fingerprint density at radius 3 is 2.89 bits per heavy atom. The van der Waals surface area contributed by atoms with Crippen molar-refractivity contribution in [2.75, 3.05) is 31.7 Å². The zero-order valence-electron chi connectivity index (χ0n) is 11.5. The van der Waals surface area contributed by atoms with E-state index in [2.05, 4.69) is 4.90 Å². The van der Waals surface area contributed by atoms with E-state index in [4.69, 9.17) is 16.3 Å². The lowest BCUT2D eigenvalue weighted by atomic mass is 10.0. The SMILES string of the molecule is CC(=O)c1ccc(N(C)CC2CCCOC2)c(Cl)c1. The average molecular weight is 282 g/mol. The number of benzene rings is 1. The van der Waals surface area contributed by atoms with Gasteiger partial charge in [-0.25, -0.2) is 0 Å². The highest BCUT2D eigenvalue weighted by Gasteiger charge is 2.17. The van der Waals surface area contributed by atoms with Crippen molar-refractivity contribution < 1.29 is 9.53 Å². The van der Waals surface area contributed by atoms with E-state index in [0.717, 1.165) is 31.9 Å². The summed E-state index contributed by atoms with van der Waals surface area (Å²) in [7, 11) is 2.03. The summed E-state index contributed by atoms with van der Waals surface area (Å²) in [5.74, 6) is 0.596. The van der Waals surface area contributed by atoms with Crippen LogP contribution in [-0.2, 0) is 4.74 Å². The van der Waals surface area contributed by atoms with Gasteiger partial charge in [0.25, 0.3) is 0 Å². The van der Waals surface area contributed by atoms with E-state index in [1.807, 2.05) is 19.2 Å². The molecule has 0 bridgehead atoms. The van der Waals surface area contributed by atoms with Crippen molar-refractivity contribution in [2.45, 2.75) is 19.8 Å². The molecular formula is C15H20ClNO2. The number of carbonyl (C=O) groups is 1. The van der Waals surface area contributed by atoms with Gasteiger partial charge in [-0.15, -0.1) is 0 Å². The molecule has 1 atom stereocenters. The first-order valence-corrected chi connectivity index (χ1v) is 7.05. The Hall–Kier alpha value is -1.06. The Morgan fingerprint density at radius 1 is 1.53 bits per heavy atom. The second-order valence-electron chi connectivity index (χ2n) is 5.19. The zero-order chi connectivity index (χ0) is 13.8. The van der Waals surface area contributed by atoms with Crippen LogP contribution in [0.3, 0.4) is 0 Å². The largest absolute Gasteiger partial charge is 0.381 e. The Labute approximate surface area is 119 Å². The first kappa shape index (κ1) is 14.4. The van der Waals surface area contributed by atoms with Gasteiger partial charge in [0.2, 0.25) is 0 Å². The summed E-state index contributed by atoms with van der Waals surface area (Å²) in [6.07, 6.45) is 2.34. The molecule has 0 saturated carbocycles. The van der Waals surface area contributed by atoms with Crippen LogP contribution < -0.4 is 4.90 Å². The number of carbonyl (C=O) groups excluding carboxylic acids is 1. The number of ether oxygens (including phenoxy) is 1. The number of Topliss-reactive ketones (excluding diaryl/α,β-unsaturated/α-hetero) is 1. The number of rotatable bonds is 4. The minimum Gasteiger partial charge on any atom is -0.381 e. The maximum absolute atomic E-state index is 11.3. The second-order valence-corrected chi connectivity index (χ2v) is 5.59. The second kappa shape index (κ2) is 6.40. The molecule has 0 spiro atoms. The van der Waals surface area contributed by atoms with E-state index >= 15 is 0 Å². The van der Waals surface area contributed by atoms with E-state index in [-0.39, 0.29) is 5.78 Å². The van der Waals surface area contributed by atoms with Gasteiger partial charge < -0.3 is 9.64 Å². The zero-order valence-corrected chi connectivity index (χ0v) is 12.2. The molecule has 1 unspecified atom stereocenters. The maximum Gasteiger partial charge on any atom is 0.159 e. The summed E-state index contributed by atoms with van der Waals surface area (Å²) >= 11 is 6.26. The molecule has 1 aromatic rings. The lowest BCUT2D eigenvalue weighted by molar-refractivity contribution is 0.0576. The van der Waals surface area contributed by atoms with Crippen molar-refractivity contribution in [3.8, 4) is 0 Å². The van der Waals surface area contributed by atoms with E-state index in [9.17, 15) is 4.79 Å². The van der Waals surface area contributed by atoms with Crippen LogP contribution in [0.2, 0.25) is 5.02 Å². The highest BCUT2D eigenvalue weighted by Crippen LogP contribution is 2.28. The lowest BCUT2D eigenvalue weighted by Crippen LogP contribution is -2.31. The number of hydrogen-bond acceptors (Lipinski definition) is 3. The predicted molar refractivity (Wildman–Crippen MR) is 78.3 cm³/mol. The topological polar surface area (TPSA) is 29.5 Å². The maximum atomic E-state index is 11.3. The average Bonchev–Trinajstić information content (AvgIpc) is 2.39. The molecule has 1 aliphatic heterocycles. The molecule has 1 heterocycles. The number of hydrogen-bond donors (Lipinski definition) is 0. The fraction of sp³-hybridized carbons (Fsp3) is 0.533. The van der Waals surface area contributed by atoms with Crippen molar-refractivity contribution in [3.63, 3.8) is 0 Å². The van der Waals surface area contributed by atoms with Crippen molar-refractivity contribution in [3.05, 3.63) is 28.8 Å². The van der Waals surface area contributed by atoms with Gasteiger partial charge in [-0.05, 0) is 43.9 Å². The molecule has 1 fully saturated rings. The van der Waals surface area contributed by atoms with Gasteiger partial charge in [0.05, 0.1) is 17.3 Å². The molecule has 19 heavy (non-hydrogen) atoms. The number of halogens is 1. The molecule has 0 amide bonds. The molecule has 0 N–H and O–H groups in total. The molecule has 104 valence electrons. The molecule has 0 aromatic heterocycles. The van der Waals surface area contributed by atoms with Gasteiger partial charge in [0.1, 0.15) is 0 Å². The van der Waals surface area contributed by atoms with Crippen molar-refractivity contribution in [1.29, 1.82) is 0 Å². The molecule has 4 heteroatoms. The van der Waals surface area contributed by atoms with Crippen LogP contribution in [0.25, 0.3) is 0 Å². The van der Waals surface area contributed by atoms with E-state index < -0.39 is 0 Å². The van der Waals surface area contributed by atoms with Crippen LogP contribution in [0.15, 0.2) is 18.2 Å². The summed E-state index contributed by atoms with van der Waals surface area (Å²) in [6.45, 7) is 4.19. The molecule has 3 nitrogen and oxygen atoms in total. The van der Waals surface area contributed by atoms with Gasteiger partial charge in [0, 0.05) is 25.8 Å². The minimum atomic E-state index is 0.0387. The first-order chi connectivity index (χ1) is 9.08. The molecule has 1 saturated heterocycles. The number of anilines is 1. The van der Waals surface area contributed by atoms with Crippen molar-refractivity contribution in [2.24, 2.45) is 5.92 Å². The monoisotopic (exact) mass is 281 g/mol. The van der Waals surface area contributed by atoms with Gasteiger partial charge in [0.15, 0.2) is 5.78 Å². The van der Waals surface area contributed by atoms with Gasteiger partial charge >= 0.3 is 0 Å². The van der Waals surface area contributed by atoms with Crippen molar-refractivity contribution in [1.82, 2.24) is 0 Å². The van der Waals surface area contributed by atoms with Crippen LogP contribution in [0, 0.1) is 5.92 Å².